The van der Waals surface area contributed by atoms with E-state index in [-0.39, 0.29) is 12.1 Å². The average Bonchev–Trinajstić information content (AvgIpc) is 2.90. The van der Waals surface area contributed by atoms with E-state index in [1.54, 1.807) is 11.3 Å². The van der Waals surface area contributed by atoms with Gasteiger partial charge in [-0.25, -0.2) is 4.98 Å². The fourth-order valence-corrected chi connectivity index (χ4v) is 2.75. The molecule has 0 aliphatic heterocycles. The van der Waals surface area contributed by atoms with Crippen molar-refractivity contribution in [1.29, 1.82) is 0 Å². The fraction of sp³-hybridized carbons (Fsp3) is 0.438. The van der Waals surface area contributed by atoms with Crippen LogP contribution in [0.2, 0.25) is 0 Å². The summed E-state index contributed by atoms with van der Waals surface area (Å²) < 4.78 is 5.69. The summed E-state index contributed by atoms with van der Waals surface area (Å²) in [6.07, 6.45) is 2.05. The summed E-state index contributed by atoms with van der Waals surface area (Å²) in [7, 11) is 0. The van der Waals surface area contributed by atoms with Gasteiger partial charge in [0, 0.05) is 17.6 Å². The molecular weight excluding hydrogens is 268 g/mol. The topological polar surface area (TPSA) is 34.1 Å². The van der Waals surface area contributed by atoms with E-state index in [0.29, 0.717) is 6.04 Å². The van der Waals surface area contributed by atoms with Gasteiger partial charge in [0.15, 0.2) is 0 Å². The summed E-state index contributed by atoms with van der Waals surface area (Å²) in [6, 6.07) is 8.81. The van der Waals surface area contributed by atoms with Crippen molar-refractivity contribution in [2.45, 2.75) is 45.9 Å². The monoisotopic (exact) mass is 290 g/mol. The molecule has 1 N–H and O–H groups in total. The van der Waals surface area contributed by atoms with E-state index in [1.165, 1.54) is 5.56 Å². The van der Waals surface area contributed by atoms with Crippen LogP contribution < -0.4 is 10.1 Å². The highest BCUT2D eigenvalue weighted by atomic mass is 32.1. The van der Waals surface area contributed by atoms with Crippen LogP contribution in [0.4, 0.5) is 0 Å². The first-order valence-electron chi connectivity index (χ1n) is 6.98. The molecule has 108 valence electrons. The molecule has 3 nitrogen and oxygen atoms in total. The molecule has 2 aromatic rings. The van der Waals surface area contributed by atoms with Crippen LogP contribution in [0, 0.1) is 0 Å². The second-order valence-electron chi connectivity index (χ2n) is 5.36. The van der Waals surface area contributed by atoms with Crippen molar-refractivity contribution in [3.05, 3.63) is 46.4 Å². The maximum absolute atomic E-state index is 5.69. The normalized spacial score (nSPS) is 12.9. The maximum Gasteiger partial charge on any atom is 0.119 e. The molecule has 4 heteroatoms. The number of thiazole rings is 1. The Kier molecular flexibility index (Phi) is 5.15. The standard InChI is InChI=1S/C16H22N2OS/c1-11(2)18-15(16-17-9-10-20-16)13-5-7-14(8-6-13)19-12(3)4/h5-12,15,18H,1-4H3. The summed E-state index contributed by atoms with van der Waals surface area (Å²) in [5, 5.41) is 6.67. The first kappa shape index (κ1) is 15.0. The Morgan fingerprint density at radius 2 is 1.80 bits per heavy atom. The molecule has 1 unspecified atom stereocenters. The van der Waals surface area contributed by atoms with E-state index in [4.69, 9.17) is 4.74 Å². The first-order valence-corrected chi connectivity index (χ1v) is 7.86. The van der Waals surface area contributed by atoms with Gasteiger partial charge in [-0.05, 0) is 45.4 Å². The highest BCUT2D eigenvalue weighted by molar-refractivity contribution is 7.09. The van der Waals surface area contributed by atoms with Gasteiger partial charge in [-0.1, -0.05) is 12.1 Å². The Bertz CT molecular complexity index is 506. The van der Waals surface area contributed by atoms with Crippen molar-refractivity contribution in [2.75, 3.05) is 0 Å². The van der Waals surface area contributed by atoms with Gasteiger partial charge in [0.2, 0.25) is 0 Å². The lowest BCUT2D eigenvalue weighted by Crippen LogP contribution is -2.28. The molecule has 1 atom stereocenters. The number of rotatable bonds is 6. The van der Waals surface area contributed by atoms with Crippen LogP contribution in [-0.2, 0) is 0 Å². The van der Waals surface area contributed by atoms with E-state index in [1.807, 2.05) is 37.6 Å². The van der Waals surface area contributed by atoms with Crippen LogP contribution in [0.25, 0.3) is 0 Å². The number of nitrogens with one attached hydrogen (secondary N) is 1. The zero-order chi connectivity index (χ0) is 14.5. The van der Waals surface area contributed by atoms with Gasteiger partial charge in [-0.2, -0.15) is 0 Å². The van der Waals surface area contributed by atoms with Gasteiger partial charge < -0.3 is 10.1 Å². The molecule has 1 heterocycles. The Morgan fingerprint density at radius 1 is 1.10 bits per heavy atom. The van der Waals surface area contributed by atoms with Crippen molar-refractivity contribution in [3.63, 3.8) is 0 Å². The first-order chi connectivity index (χ1) is 9.56. The van der Waals surface area contributed by atoms with Crippen molar-refractivity contribution < 1.29 is 4.74 Å². The zero-order valence-corrected chi connectivity index (χ0v) is 13.3. The summed E-state index contributed by atoms with van der Waals surface area (Å²) in [5.74, 6) is 0.909. The van der Waals surface area contributed by atoms with Crippen molar-refractivity contribution in [1.82, 2.24) is 10.3 Å². The van der Waals surface area contributed by atoms with Crippen LogP contribution in [-0.4, -0.2) is 17.1 Å². The van der Waals surface area contributed by atoms with Gasteiger partial charge in [-0.3, -0.25) is 0 Å². The minimum atomic E-state index is 0.142. The Balaban J connectivity index is 2.20. The molecule has 20 heavy (non-hydrogen) atoms. The quantitative estimate of drug-likeness (QED) is 0.872. The molecule has 0 saturated carbocycles. The minimum absolute atomic E-state index is 0.142. The number of hydrogen-bond donors (Lipinski definition) is 1. The molecule has 0 saturated heterocycles. The summed E-state index contributed by atoms with van der Waals surface area (Å²) in [5.41, 5.74) is 1.21. The molecule has 2 rings (SSSR count). The van der Waals surface area contributed by atoms with E-state index in [2.05, 4.69) is 36.3 Å². The third-order valence-corrected chi connectivity index (χ3v) is 3.62. The number of benzene rings is 1. The molecule has 0 spiro atoms. The number of nitrogens with zero attached hydrogens (tertiary/aromatic N) is 1. The molecular formula is C16H22N2OS. The van der Waals surface area contributed by atoms with E-state index < -0.39 is 0 Å². The predicted molar refractivity (Wildman–Crippen MR) is 84.4 cm³/mol. The Morgan fingerprint density at radius 3 is 2.30 bits per heavy atom. The van der Waals surface area contributed by atoms with Crippen LogP contribution in [0.3, 0.4) is 0 Å². The fourth-order valence-electron chi connectivity index (χ4n) is 2.03. The lowest BCUT2D eigenvalue weighted by atomic mass is 10.1. The highest BCUT2D eigenvalue weighted by Crippen LogP contribution is 2.26. The lowest BCUT2D eigenvalue weighted by molar-refractivity contribution is 0.242. The molecule has 0 aliphatic rings. The summed E-state index contributed by atoms with van der Waals surface area (Å²) >= 11 is 1.68. The van der Waals surface area contributed by atoms with Crippen molar-refractivity contribution in [3.8, 4) is 5.75 Å². The van der Waals surface area contributed by atoms with Gasteiger partial charge in [0.25, 0.3) is 0 Å². The second-order valence-corrected chi connectivity index (χ2v) is 6.29. The number of ether oxygens (including phenoxy) is 1. The van der Waals surface area contributed by atoms with Crippen LogP contribution in [0.1, 0.15) is 44.3 Å². The smallest absolute Gasteiger partial charge is 0.119 e. The second kappa shape index (κ2) is 6.86. The molecule has 1 aromatic heterocycles. The van der Waals surface area contributed by atoms with Crippen molar-refractivity contribution >= 4 is 11.3 Å². The Hall–Kier alpha value is -1.39. The van der Waals surface area contributed by atoms with Gasteiger partial charge in [-0.15, -0.1) is 11.3 Å². The van der Waals surface area contributed by atoms with Crippen molar-refractivity contribution in [2.24, 2.45) is 0 Å². The van der Waals surface area contributed by atoms with E-state index >= 15 is 0 Å². The molecule has 0 bridgehead atoms. The largest absolute Gasteiger partial charge is 0.491 e. The van der Waals surface area contributed by atoms with Gasteiger partial charge in [0.1, 0.15) is 10.8 Å². The number of aromatic nitrogens is 1. The number of hydrogen-bond acceptors (Lipinski definition) is 4. The minimum Gasteiger partial charge on any atom is -0.491 e. The highest BCUT2D eigenvalue weighted by Gasteiger charge is 2.17. The van der Waals surface area contributed by atoms with E-state index in [9.17, 15) is 0 Å². The maximum atomic E-state index is 5.69. The van der Waals surface area contributed by atoms with E-state index in [0.717, 1.165) is 10.8 Å². The predicted octanol–water partition coefficient (Wildman–Crippen LogP) is 4.02. The lowest BCUT2D eigenvalue weighted by Gasteiger charge is -2.20. The average molecular weight is 290 g/mol. The van der Waals surface area contributed by atoms with Crippen LogP contribution in [0.5, 0.6) is 5.75 Å². The molecule has 0 aliphatic carbocycles. The summed E-state index contributed by atoms with van der Waals surface area (Å²) in [4.78, 5) is 4.44. The Labute approximate surface area is 125 Å². The van der Waals surface area contributed by atoms with Gasteiger partial charge >= 0.3 is 0 Å². The SMILES string of the molecule is CC(C)NC(c1ccc(OC(C)C)cc1)c1nccs1. The third-order valence-electron chi connectivity index (χ3n) is 2.78. The molecule has 0 radical (unpaired) electrons. The molecule has 1 aromatic carbocycles. The van der Waals surface area contributed by atoms with Crippen LogP contribution >= 0.6 is 11.3 Å². The third kappa shape index (κ3) is 4.05. The molecule has 0 amide bonds. The zero-order valence-electron chi connectivity index (χ0n) is 12.5. The summed E-state index contributed by atoms with van der Waals surface area (Å²) in [6.45, 7) is 8.37. The molecule has 0 fully saturated rings. The van der Waals surface area contributed by atoms with Gasteiger partial charge in [0.05, 0.1) is 12.1 Å². The van der Waals surface area contributed by atoms with Crippen LogP contribution in [0.15, 0.2) is 35.8 Å².